The van der Waals surface area contributed by atoms with Gasteiger partial charge in [-0.3, -0.25) is 9.58 Å². The summed E-state index contributed by atoms with van der Waals surface area (Å²) in [7, 11) is 0. The number of aromatic nitrogens is 4. The zero-order valence-electron chi connectivity index (χ0n) is 19.2. The molecule has 186 valence electrons. The third kappa shape index (κ3) is 4.20. The van der Waals surface area contributed by atoms with Crippen molar-refractivity contribution in [3.63, 3.8) is 0 Å². The minimum Gasteiger partial charge on any atom is -0.389 e. The van der Waals surface area contributed by atoms with Crippen LogP contribution in [0.1, 0.15) is 18.2 Å². The van der Waals surface area contributed by atoms with Crippen LogP contribution in [0.15, 0.2) is 24.5 Å². The quantitative estimate of drug-likeness (QED) is 0.547. The summed E-state index contributed by atoms with van der Waals surface area (Å²) < 4.78 is 33.7. The third-order valence-corrected chi connectivity index (χ3v) is 7.48. The summed E-state index contributed by atoms with van der Waals surface area (Å²) >= 11 is 6.62. The van der Waals surface area contributed by atoms with Crippen molar-refractivity contribution in [1.82, 2.24) is 24.6 Å². The average Bonchev–Trinajstić information content (AvgIpc) is 3.11. The van der Waals surface area contributed by atoms with Gasteiger partial charge in [-0.1, -0.05) is 11.6 Å². The first-order valence-electron chi connectivity index (χ1n) is 11.7. The van der Waals surface area contributed by atoms with Crippen LogP contribution in [-0.2, 0) is 4.74 Å². The van der Waals surface area contributed by atoms with Gasteiger partial charge in [0.1, 0.15) is 6.04 Å². The number of halogens is 3. The molecule has 0 bridgehead atoms. The highest BCUT2D eigenvalue weighted by Crippen LogP contribution is 2.53. The second kappa shape index (κ2) is 8.51. The monoisotopic (exact) mass is 505 g/mol. The van der Waals surface area contributed by atoms with Crippen LogP contribution in [0.4, 0.5) is 26.1 Å². The normalized spacial score (nSPS) is 26.4. The lowest BCUT2D eigenvalue weighted by atomic mass is 10.1. The van der Waals surface area contributed by atoms with E-state index >= 15 is 0 Å². The maximum atomic E-state index is 13.5. The molecule has 4 heterocycles. The minimum absolute atomic E-state index is 0.0459. The van der Waals surface area contributed by atoms with Crippen molar-refractivity contribution in [2.45, 2.75) is 37.5 Å². The topological polar surface area (TPSA) is 91.6 Å². The standard InChI is InChI=1S/C23H26ClF2N7O2/c1-13-17(10-28-33(13)21-8-23(21,25)26)30-22-27-9-14-6-15(24)18(7-16(14)29-22)31-2-4-32(5-3-31)19-11-35-12-20(19)34/h6-7,9-10,19-21,34H,2-5,8,11-12H2,1H3,(H,27,29,30). The van der Waals surface area contributed by atoms with Crippen LogP contribution in [0.5, 0.6) is 0 Å². The number of hydrogen-bond donors (Lipinski definition) is 2. The highest BCUT2D eigenvalue weighted by molar-refractivity contribution is 6.34. The zero-order chi connectivity index (χ0) is 24.3. The SMILES string of the molecule is Cc1c(Nc2ncc3cc(Cl)c(N4CCN(C5COCC5O)CC4)cc3n2)cnn1C1CC1(F)F. The summed E-state index contributed by atoms with van der Waals surface area (Å²) in [5, 5.41) is 18.8. The fraction of sp³-hybridized carbons (Fsp3) is 0.522. The summed E-state index contributed by atoms with van der Waals surface area (Å²) in [6.45, 7) is 5.86. The van der Waals surface area contributed by atoms with Gasteiger partial charge < -0.3 is 20.1 Å². The number of benzene rings is 1. The number of fused-ring (bicyclic) bond motifs is 1. The molecule has 2 aliphatic heterocycles. The molecule has 9 nitrogen and oxygen atoms in total. The van der Waals surface area contributed by atoms with E-state index in [4.69, 9.17) is 16.3 Å². The Morgan fingerprint density at radius 1 is 1.17 bits per heavy atom. The van der Waals surface area contributed by atoms with Crippen molar-refractivity contribution < 1.29 is 18.6 Å². The van der Waals surface area contributed by atoms with Gasteiger partial charge in [0.15, 0.2) is 0 Å². The number of rotatable bonds is 5. The number of hydrogen-bond acceptors (Lipinski definition) is 8. The van der Waals surface area contributed by atoms with Gasteiger partial charge in [-0.05, 0) is 19.1 Å². The molecule has 3 unspecified atom stereocenters. The molecule has 0 spiro atoms. The van der Waals surface area contributed by atoms with Crippen LogP contribution in [0.25, 0.3) is 10.9 Å². The summed E-state index contributed by atoms with van der Waals surface area (Å²) in [5.74, 6) is -2.34. The van der Waals surface area contributed by atoms with Crippen molar-refractivity contribution in [1.29, 1.82) is 0 Å². The molecule has 35 heavy (non-hydrogen) atoms. The van der Waals surface area contributed by atoms with E-state index in [0.29, 0.717) is 35.6 Å². The van der Waals surface area contributed by atoms with Crippen LogP contribution >= 0.6 is 11.6 Å². The maximum Gasteiger partial charge on any atom is 0.272 e. The molecular formula is C23H26ClF2N7O2. The lowest BCUT2D eigenvalue weighted by molar-refractivity contribution is 0.0785. The predicted octanol–water partition coefficient (Wildman–Crippen LogP) is 2.99. The average molecular weight is 506 g/mol. The van der Waals surface area contributed by atoms with Crippen LogP contribution in [-0.4, -0.2) is 87.2 Å². The largest absolute Gasteiger partial charge is 0.389 e. The lowest BCUT2D eigenvalue weighted by Gasteiger charge is -2.39. The van der Waals surface area contributed by atoms with Crippen molar-refractivity contribution in [2.75, 3.05) is 49.6 Å². The fourth-order valence-corrected chi connectivity index (χ4v) is 5.25. The Kier molecular flexibility index (Phi) is 5.55. The second-order valence-electron chi connectivity index (χ2n) is 9.45. The summed E-state index contributed by atoms with van der Waals surface area (Å²) in [4.78, 5) is 13.5. The van der Waals surface area contributed by atoms with Gasteiger partial charge in [0, 0.05) is 44.2 Å². The minimum atomic E-state index is -2.70. The molecular weight excluding hydrogens is 480 g/mol. The molecule has 1 aliphatic carbocycles. The number of aliphatic hydroxyl groups is 1. The first-order valence-corrected chi connectivity index (χ1v) is 12.1. The molecule has 3 aliphatic rings. The molecule has 3 aromatic rings. The van der Waals surface area contributed by atoms with Crippen molar-refractivity contribution in [2.24, 2.45) is 0 Å². The molecule has 3 fully saturated rings. The van der Waals surface area contributed by atoms with E-state index in [1.54, 1.807) is 13.1 Å². The molecule has 3 atom stereocenters. The van der Waals surface area contributed by atoms with Crippen LogP contribution in [0.2, 0.25) is 5.02 Å². The number of nitrogens with zero attached hydrogens (tertiary/aromatic N) is 6. The molecule has 2 N–H and O–H groups in total. The number of nitrogens with one attached hydrogen (secondary N) is 1. The third-order valence-electron chi connectivity index (χ3n) is 7.17. The van der Waals surface area contributed by atoms with Gasteiger partial charge >= 0.3 is 0 Å². The Balaban J connectivity index is 1.19. The molecule has 2 aromatic heterocycles. The summed E-state index contributed by atoms with van der Waals surface area (Å²) in [5.41, 5.74) is 2.83. The Bertz CT molecular complexity index is 1260. The van der Waals surface area contributed by atoms with Crippen LogP contribution < -0.4 is 10.2 Å². The van der Waals surface area contributed by atoms with Gasteiger partial charge in [0.05, 0.1) is 59.2 Å². The molecule has 0 amide bonds. The fourth-order valence-electron chi connectivity index (χ4n) is 4.96. The highest BCUT2D eigenvalue weighted by atomic mass is 35.5. The Morgan fingerprint density at radius 2 is 1.94 bits per heavy atom. The summed E-state index contributed by atoms with van der Waals surface area (Å²) in [6.07, 6.45) is 2.59. The van der Waals surface area contributed by atoms with Crippen molar-refractivity contribution in [3.05, 3.63) is 35.2 Å². The Labute approximate surface area is 205 Å². The van der Waals surface area contributed by atoms with E-state index in [1.807, 2.05) is 12.1 Å². The number of ether oxygens (including phenoxy) is 1. The molecule has 2 saturated heterocycles. The molecule has 12 heteroatoms. The first-order chi connectivity index (χ1) is 16.8. The first kappa shape index (κ1) is 22.8. The molecule has 0 radical (unpaired) electrons. The van der Waals surface area contributed by atoms with Crippen molar-refractivity contribution >= 4 is 39.8 Å². The van der Waals surface area contributed by atoms with E-state index in [0.717, 1.165) is 42.8 Å². The van der Waals surface area contributed by atoms with Crippen molar-refractivity contribution in [3.8, 4) is 0 Å². The molecule has 1 aromatic carbocycles. The van der Waals surface area contributed by atoms with Crippen LogP contribution in [0, 0.1) is 6.92 Å². The Hall–Kier alpha value is -2.60. The van der Waals surface area contributed by atoms with Gasteiger partial charge in [0.2, 0.25) is 5.95 Å². The lowest BCUT2D eigenvalue weighted by Crippen LogP contribution is -2.53. The maximum absolute atomic E-state index is 13.5. The molecule has 1 saturated carbocycles. The van der Waals surface area contributed by atoms with Gasteiger partial charge in [-0.25, -0.2) is 18.7 Å². The smallest absolute Gasteiger partial charge is 0.272 e. The second-order valence-corrected chi connectivity index (χ2v) is 9.85. The number of piperazine rings is 1. The summed E-state index contributed by atoms with van der Waals surface area (Å²) in [6, 6.07) is 2.97. The zero-order valence-corrected chi connectivity index (χ0v) is 19.9. The van der Waals surface area contributed by atoms with E-state index < -0.39 is 18.1 Å². The molecule has 6 rings (SSSR count). The van der Waals surface area contributed by atoms with Gasteiger partial charge in [-0.2, -0.15) is 5.10 Å². The van der Waals surface area contributed by atoms with E-state index in [2.05, 4.69) is 30.2 Å². The van der Waals surface area contributed by atoms with Gasteiger partial charge in [0.25, 0.3) is 5.92 Å². The predicted molar refractivity (Wildman–Crippen MR) is 128 cm³/mol. The number of anilines is 3. The van der Waals surface area contributed by atoms with E-state index in [-0.39, 0.29) is 12.5 Å². The van der Waals surface area contributed by atoms with E-state index in [9.17, 15) is 13.9 Å². The van der Waals surface area contributed by atoms with Gasteiger partial charge in [-0.15, -0.1) is 0 Å². The number of alkyl halides is 2. The number of aliphatic hydroxyl groups excluding tert-OH is 1. The van der Waals surface area contributed by atoms with E-state index in [1.165, 1.54) is 10.9 Å². The van der Waals surface area contributed by atoms with Crippen LogP contribution in [0.3, 0.4) is 0 Å². The Morgan fingerprint density at radius 3 is 2.63 bits per heavy atom. The highest BCUT2D eigenvalue weighted by Gasteiger charge is 2.59.